The molecule has 2 aromatic rings. The molecule has 1 amide bonds. The molecule has 1 aliphatic rings. The summed E-state index contributed by atoms with van der Waals surface area (Å²) in [6.45, 7) is 5.66. The van der Waals surface area contributed by atoms with Gasteiger partial charge < -0.3 is 10.1 Å². The first kappa shape index (κ1) is 16.7. The van der Waals surface area contributed by atoms with E-state index in [0.29, 0.717) is 5.92 Å². The highest BCUT2D eigenvalue weighted by Gasteiger charge is 2.30. The Kier molecular flexibility index (Phi) is 4.74. The van der Waals surface area contributed by atoms with Crippen LogP contribution >= 0.6 is 0 Å². The van der Waals surface area contributed by atoms with E-state index >= 15 is 0 Å². The van der Waals surface area contributed by atoms with E-state index in [9.17, 15) is 4.79 Å². The Labute approximate surface area is 143 Å². The SMILES string of the molecule is CC(C)(C)OC(=O)N[C@H]1CCC[C@H]1Cc1ccc2ccccc2n1. The van der Waals surface area contributed by atoms with Crippen molar-refractivity contribution in [2.45, 2.75) is 58.1 Å². The number of aromatic nitrogens is 1. The molecule has 2 atom stereocenters. The molecule has 4 nitrogen and oxygen atoms in total. The number of carbonyl (C=O) groups is 1. The van der Waals surface area contributed by atoms with Crippen LogP contribution in [0.5, 0.6) is 0 Å². The Morgan fingerprint density at radius 3 is 2.79 bits per heavy atom. The number of rotatable bonds is 3. The number of amides is 1. The maximum Gasteiger partial charge on any atom is 0.407 e. The molecule has 1 heterocycles. The van der Waals surface area contributed by atoms with Gasteiger partial charge in [-0.2, -0.15) is 0 Å². The number of nitrogens with zero attached hydrogens (tertiary/aromatic N) is 1. The minimum Gasteiger partial charge on any atom is -0.444 e. The van der Waals surface area contributed by atoms with Crippen LogP contribution in [0, 0.1) is 5.92 Å². The number of alkyl carbamates (subject to hydrolysis) is 1. The van der Waals surface area contributed by atoms with E-state index in [1.54, 1.807) is 0 Å². The second kappa shape index (κ2) is 6.80. The third kappa shape index (κ3) is 4.25. The van der Waals surface area contributed by atoms with Crippen molar-refractivity contribution in [3.63, 3.8) is 0 Å². The molecule has 1 aliphatic carbocycles. The van der Waals surface area contributed by atoms with Crippen LogP contribution in [0.2, 0.25) is 0 Å². The van der Waals surface area contributed by atoms with E-state index in [4.69, 9.17) is 9.72 Å². The summed E-state index contributed by atoms with van der Waals surface area (Å²) in [7, 11) is 0. The molecule has 1 fully saturated rings. The Hall–Kier alpha value is -2.10. The lowest BCUT2D eigenvalue weighted by Crippen LogP contribution is -2.41. The molecule has 1 aromatic heterocycles. The number of benzene rings is 1. The standard InChI is InChI=1S/C20H26N2O2/c1-20(2,3)24-19(23)22-18-10-6-8-15(18)13-16-12-11-14-7-4-5-9-17(14)21-16/h4-5,7,9,11-12,15,18H,6,8,10,13H2,1-3H3,(H,22,23)/t15-,18-/m0/s1. The average molecular weight is 326 g/mol. The Bertz CT molecular complexity index is 721. The fourth-order valence-electron chi connectivity index (χ4n) is 3.42. The molecule has 0 unspecified atom stereocenters. The van der Waals surface area contributed by atoms with Gasteiger partial charge in [0.05, 0.1) is 5.52 Å². The Morgan fingerprint density at radius 2 is 2.00 bits per heavy atom. The second-order valence-electron chi connectivity index (χ2n) is 7.64. The van der Waals surface area contributed by atoms with Crippen molar-refractivity contribution < 1.29 is 9.53 Å². The number of ether oxygens (including phenoxy) is 1. The summed E-state index contributed by atoms with van der Waals surface area (Å²) in [5.41, 5.74) is 1.67. The lowest BCUT2D eigenvalue weighted by molar-refractivity contribution is 0.0492. The summed E-state index contributed by atoms with van der Waals surface area (Å²) < 4.78 is 5.39. The van der Waals surface area contributed by atoms with Crippen LogP contribution in [0.25, 0.3) is 10.9 Å². The highest BCUT2D eigenvalue weighted by Crippen LogP contribution is 2.29. The van der Waals surface area contributed by atoms with E-state index < -0.39 is 5.60 Å². The predicted molar refractivity (Wildman–Crippen MR) is 95.9 cm³/mol. The van der Waals surface area contributed by atoms with Crippen molar-refractivity contribution in [2.75, 3.05) is 0 Å². The monoisotopic (exact) mass is 326 g/mol. The van der Waals surface area contributed by atoms with E-state index in [-0.39, 0.29) is 12.1 Å². The molecule has 4 heteroatoms. The summed E-state index contributed by atoms with van der Waals surface area (Å²) in [5.74, 6) is 0.422. The first-order chi connectivity index (χ1) is 11.4. The zero-order valence-corrected chi connectivity index (χ0v) is 14.7. The average Bonchev–Trinajstić information content (AvgIpc) is 2.92. The fraction of sp³-hybridized carbons (Fsp3) is 0.500. The topological polar surface area (TPSA) is 51.2 Å². The number of para-hydroxylation sites is 1. The van der Waals surface area contributed by atoms with Gasteiger partial charge in [-0.3, -0.25) is 4.98 Å². The second-order valence-corrected chi connectivity index (χ2v) is 7.64. The number of carbonyl (C=O) groups excluding carboxylic acids is 1. The van der Waals surface area contributed by atoms with E-state index in [0.717, 1.165) is 42.3 Å². The molecule has 3 rings (SSSR count). The minimum atomic E-state index is -0.460. The minimum absolute atomic E-state index is 0.174. The van der Waals surface area contributed by atoms with Crippen LogP contribution in [-0.4, -0.2) is 22.7 Å². The van der Waals surface area contributed by atoms with Crippen LogP contribution < -0.4 is 5.32 Å². The molecule has 0 aliphatic heterocycles. The number of hydrogen-bond donors (Lipinski definition) is 1. The summed E-state index contributed by atoms with van der Waals surface area (Å²) >= 11 is 0. The lowest BCUT2D eigenvalue weighted by atomic mass is 9.97. The molecule has 0 saturated heterocycles. The summed E-state index contributed by atoms with van der Waals surface area (Å²) in [5, 5.41) is 4.22. The summed E-state index contributed by atoms with van der Waals surface area (Å²) in [6, 6.07) is 12.6. The van der Waals surface area contributed by atoms with Crippen LogP contribution in [0.4, 0.5) is 4.79 Å². The van der Waals surface area contributed by atoms with Gasteiger partial charge in [-0.1, -0.05) is 30.7 Å². The van der Waals surface area contributed by atoms with Crippen molar-refractivity contribution in [1.29, 1.82) is 0 Å². The molecule has 0 bridgehead atoms. The molecule has 1 aromatic carbocycles. The predicted octanol–water partition coefficient (Wildman–Crippen LogP) is 4.47. The molecule has 128 valence electrons. The maximum absolute atomic E-state index is 12.0. The van der Waals surface area contributed by atoms with Gasteiger partial charge in [0.1, 0.15) is 5.60 Å². The largest absolute Gasteiger partial charge is 0.444 e. The zero-order valence-electron chi connectivity index (χ0n) is 14.7. The van der Waals surface area contributed by atoms with Crippen LogP contribution in [0.15, 0.2) is 36.4 Å². The highest BCUT2D eigenvalue weighted by molar-refractivity contribution is 5.78. The molecule has 1 N–H and O–H groups in total. The number of hydrogen-bond acceptors (Lipinski definition) is 3. The molecule has 24 heavy (non-hydrogen) atoms. The Balaban J connectivity index is 1.65. The smallest absolute Gasteiger partial charge is 0.407 e. The van der Waals surface area contributed by atoms with Gasteiger partial charge in [0.2, 0.25) is 0 Å². The normalized spacial score (nSPS) is 21.0. The molecule has 1 saturated carbocycles. The van der Waals surface area contributed by atoms with Gasteiger partial charge in [0.15, 0.2) is 0 Å². The molecular formula is C20H26N2O2. The van der Waals surface area contributed by atoms with Crippen molar-refractivity contribution in [1.82, 2.24) is 10.3 Å². The molecule has 0 radical (unpaired) electrons. The van der Waals surface area contributed by atoms with E-state index in [2.05, 4.69) is 23.5 Å². The Morgan fingerprint density at radius 1 is 1.21 bits per heavy atom. The molecular weight excluding hydrogens is 300 g/mol. The quantitative estimate of drug-likeness (QED) is 0.905. The fourth-order valence-corrected chi connectivity index (χ4v) is 3.42. The van der Waals surface area contributed by atoms with E-state index in [1.807, 2.05) is 39.0 Å². The van der Waals surface area contributed by atoms with Gasteiger partial charge in [0.25, 0.3) is 0 Å². The van der Waals surface area contributed by atoms with Crippen molar-refractivity contribution >= 4 is 17.0 Å². The van der Waals surface area contributed by atoms with Crippen LogP contribution in [-0.2, 0) is 11.2 Å². The summed E-state index contributed by atoms with van der Waals surface area (Å²) in [4.78, 5) is 16.8. The maximum atomic E-state index is 12.0. The van der Waals surface area contributed by atoms with Gasteiger partial charge in [-0.25, -0.2) is 4.79 Å². The number of pyridine rings is 1. The van der Waals surface area contributed by atoms with Crippen LogP contribution in [0.3, 0.4) is 0 Å². The van der Waals surface area contributed by atoms with Crippen molar-refractivity contribution in [3.05, 3.63) is 42.1 Å². The number of nitrogens with one attached hydrogen (secondary N) is 1. The first-order valence-electron chi connectivity index (χ1n) is 8.75. The zero-order chi connectivity index (χ0) is 17.2. The van der Waals surface area contributed by atoms with Gasteiger partial charge in [-0.05, 0) is 58.1 Å². The molecule has 0 spiro atoms. The third-order valence-corrected chi connectivity index (χ3v) is 4.49. The number of fused-ring (bicyclic) bond motifs is 1. The highest BCUT2D eigenvalue weighted by atomic mass is 16.6. The van der Waals surface area contributed by atoms with Gasteiger partial charge >= 0.3 is 6.09 Å². The summed E-state index contributed by atoms with van der Waals surface area (Å²) in [6.07, 6.45) is 3.85. The van der Waals surface area contributed by atoms with Gasteiger partial charge in [-0.15, -0.1) is 0 Å². The lowest BCUT2D eigenvalue weighted by Gasteiger charge is -2.24. The van der Waals surface area contributed by atoms with Crippen molar-refractivity contribution in [3.8, 4) is 0 Å². The van der Waals surface area contributed by atoms with E-state index in [1.165, 1.54) is 0 Å². The van der Waals surface area contributed by atoms with Crippen molar-refractivity contribution in [2.24, 2.45) is 5.92 Å². The third-order valence-electron chi connectivity index (χ3n) is 4.49. The van der Waals surface area contributed by atoms with Gasteiger partial charge in [0, 0.05) is 17.1 Å². The van der Waals surface area contributed by atoms with Crippen LogP contribution in [0.1, 0.15) is 45.7 Å². The first-order valence-corrected chi connectivity index (χ1v) is 8.75.